The average molecular weight is 402 g/mol. The smallest absolute Gasteiger partial charge is 0.242 e. The fourth-order valence-electron chi connectivity index (χ4n) is 2.11. The van der Waals surface area contributed by atoms with Crippen molar-refractivity contribution in [1.82, 2.24) is 14.6 Å². The van der Waals surface area contributed by atoms with Crippen LogP contribution in [0.4, 0.5) is 4.39 Å². The van der Waals surface area contributed by atoms with Gasteiger partial charge in [0, 0.05) is 18.8 Å². The first kappa shape index (κ1) is 18.0. The minimum atomic E-state index is -3.68. The third-order valence-electron chi connectivity index (χ3n) is 3.33. The number of rotatable bonds is 6. The summed E-state index contributed by atoms with van der Waals surface area (Å²) in [6, 6.07) is 8.87. The third kappa shape index (κ3) is 4.81. The van der Waals surface area contributed by atoms with Gasteiger partial charge in [0.2, 0.25) is 10.0 Å². The molecule has 0 radical (unpaired) electrons. The van der Waals surface area contributed by atoms with Crippen molar-refractivity contribution < 1.29 is 12.8 Å². The van der Waals surface area contributed by atoms with Crippen LogP contribution < -0.4 is 4.72 Å². The number of likely N-dealkylation sites (N-methyl/N-ethyl adjacent to an activating group) is 1. The SMILES string of the molecule is CN(C)C(CNS(=O)(=O)c1ccc(Br)nc1)c1cccc(F)c1. The van der Waals surface area contributed by atoms with E-state index in [2.05, 4.69) is 25.6 Å². The molecular weight excluding hydrogens is 385 g/mol. The van der Waals surface area contributed by atoms with Crippen LogP contribution in [0.5, 0.6) is 0 Å². The zero-order valence-electron chi connectivity index (χ0n) is 12.7. The van der Waals surface area contributed by atoms with E-state index in [9.17, 15) is 12.8 Å². The summed E-state index contributed by atoms with van der Waals surface area (Å²) in [7, 11) is -0.0564. The number of hydrogen-bond acceptors (Lipinski definition) is 4. The molecule has 1 unspecified atom stereocenters. The predicted molar refractivity (Wildman–Crippen MR) is 90.0 cm³/mol. The summed E-state index contributed by atoms with van der Waals surface area (Å²) in [6.45, 7) is 0.120. The summed E-state index contributed by atoms with van der Waals surface area (Å²) in [5, 5.41) is 0. The Morgan fingerprint density at radius 3 is 2.61 bits per heavy atom. The molecule has 0 aliphatic rings. The Bertz CT molecular complexity index is 767. The Labute approximate surface area is 143 Å². The first-order chi connectivity index (χ1) is 10.8. The lowest BCUT2D eigenvalue weighted by Crippen LogP contribution is -2.34. The number of halogens is 2. The quantitative estimate of drug-likeness (QED) is 0.755. The molecule has 23 heavy (non-hydrogen) atoms. The van der Waals surface area contributed by atoms with E-state index in [0.717, 1.165) is 0 Å². The van der Waals surface area contributed by atoms with E-state index in [0.29, 0.717) is 10.2 Å². The molecule has 8 heteroatoms. The van der Waals surface area contributed by atoms with E-state index < -0.39 is 10.0 Å². The molecule has 0 spiro atoms. The van der Waals surface area contributed by atoms with Gasteiger partial charge in [-0.15, -0.1) is 0 Å². The van der Waals surface area contributed by atoms with Crippen molar-refractivity contribution in [2.45, 2.75) is 10.9 Å². The monoisotopic (exact) mass is 401 g/mol. The van der Waals surface area contributed by atoms with Crippen molar-refractivity contribution in [1.29, 1.82) is 0 Å². The van der Waals surface area contributed by atoms with Crippen LogP contribution in [0, 0.1) is 5.82 Å². The summed E-state index contributed by atoms with van der Waals surface area (Å²) in [6.07, 6.45) is 1.28. The minimum absolute atomic E-state index is 0.0810. The molecule has 1 aromatic heterocycles. The van der Waals surface area contributed by atoms with Crippen molar-refractivity contribution in [2.24, 2.45) is 0 Å². The van der Waals surface area contributed by atoms with Crippen molar-refractivity contribution in [3.8, 4) is 0 Å². The molecule has 0 bridgehead atoms. The first-order valence-corrected chi connectivity index (χ1v) is 9.10. The van der Waals surface area contributed by atoms with Gasteiger partial charge in [-0.2, -0.15) is 0 Å². The number of benzene rings is 1. The zero-order valence-corrected chi connectivity index (χ0v) is 15.1. The molecule has 0 aliphatic heterocycles. The van der Waals surface area contributed by atoms with E-state index >= 15 is 0 Å². The molecule has 1 N–H and O–H groups in total. The normalized spacial score (nSPS) is 13.3. The Balaban J connectivity index is 2.17. The molecule has 1 atom stereocenters. The van der Waals surface area contributed by atoms with Crippen molar-refractivity contribution in [3.63, 3.8) is 0 Å². The highest BCUT2D eigenvalue weighted by Crippen LogP contribution is 2.19. The Hall–Kier alpha value is -1.35. The predicted octanol–water partition coefficient (Wildman–Crippen LogP) is 2.56. The molecule has 1 heterocycles. The Morgan fingerprint density at radius 1 is 1.30 bits per heavy atom. The van der Waals surface area contributed by atoms with E-state index in [4.69, 9.17) is 0 Å². The number of hydrogen-bond donors (Lipinski definition) is 1. The van der Waals surface area contributed by atoms with Crippen LogP contribution in [0.1, 0.15) is 11.6 Å². The van der Waals surface area contributed by atoms with Crippen LogP contribution in [0.2, 0.25) is 0 Å². The Morgan fingerprint density at radius 2 is 2.04 bits per heavy atom. The van der Waals surface area contributed by atoms with E-state index in [1.165, 1.54) is 24.4 Å². The number of sulfonamides is 1. The number of pyridine rings is 1. The molecule has 0 aliphatic carbocycles. The fourth-order valence-corrected chi connectivity index (χ4v) is 3.32. The van der Waals surface area contributed by atoms with Gasteiger partial charge in [0.05, 0.1) is 0 Å². The van der Waals surface area contributed by atoms with Gasteiger partial charge in [-0.3, -0.25) is 0 Å². The van der Waals surface area contributed by atoms with Gasteiger partial charge in [0.15, 0.2) is 0 Å². The molecule has 2 rings (SSSR count). The molecule has 1 aromatic carbocycles. The molecular formula is C15H17BrFN3O2S. The van der Waals surface area contributed by atoms with Gasteiger partial charge in [-0.1, -0.05) is 12.1 Å². The second kappa shape index (κ2) is 7.48. The molecule has 0 fully saturated rings. The fraction of sp³-hybridized carbons (Fsp3) is 0.267. The minimum Gasteiger partial charge on any atom is -0.301 e. The van der Waals surface area contributed by atoms with Crippen LogP contribution in [-0.4, -0.2) is 38.9 Å². The van der Waals surface area contributed by atoms with Gasteiger partial charge >= 0.3 is 0 Å². The number of nitrogens with one attached hydrogen (secondary N) is 1. The lowest BCUT2D eigenvalue weighted by Gasteiger charge is -2.25. The standard InChI is InChI=1S/C15H17BrFN3O2S/c1-20(2)14(11-4-3-5-12(17)8-11)10-19-23(21,22)13-6-7-15(16)18-9-13/h3-9,14,19H,10H2,1-2H3. The van der Waals surface area contributed by atoms with Crippen molar-refractivity contribution in [3.05, 3.63) is 58.6 Å². The largest absolute Gasteiger partial charge is 0.301 e. The van der Waals surface area contributed by atoms with Crippen molar-refractivity contribution >= 4 is 26.0 Å². The van der Waals surface area contributed by atoms with Crippen LogP contribution in [-0.2, 0) is 10.0 Å². The van der Waals surface area contributed by atoms with E-state index in [1.54, 1.807) is 18.2 Å². The van der Waals surface area contributed by atoms with Crippen molar-refractivity contribution in [2.75, 3.05) is 20.6 Å². The zero-order chi connectivity index (χ0) is 17.0. The summed E-state index contributed by atoms with van der Waals surface area (Å²) in [5.74, 6) is -0.352. The summed E-state index contributed by atoms with van der Waals surface area (Å²) >= 11 is 3.16. The third-order valence-corrected chi connectivity index (χ3v) is 5.21. The van der Waals surface area contributed by atoms with Gasteiger partial charge in [-0.25, -0.2) is 22.5 Å². The van der Waals surface area contributed by atoms with Gasteiger partial charge < -0.3 is 4.90 Å². The van der Waals surface area contributed by atoms with Gasteiger partial charge in [0.1, 0.15) is 15.3 Å². The van der Waals surface area contributed by atoms with Gasteiger partial charge in [-0.05, 0) is 59.9 Å². The first-order valence-electron chi connectivity index (χ1n) is 6.83. The van der Waals surface area contributed by atoms with Crippen LogP contribution >= 0.6 is 15.9 Å². The highest BCUT2D eigenvalue weighted by atomic mass is 79.9. The highest BCUT2D eigenvalue weighted by molar-refractivity contribution is 9.10. The maximum absolute atomic E-state index is 13.4. The summed E-state index contributed by atoms with van der Waals surface area (Å²) in [4.78, 5) is 5.83. The molecule has 5 nitrogen and oxygen atoms in total. The molecule has 124 valence electrons. The van der Waals surface area contributed by atoms with E-state index in [1.807, 2.05) is 19.0 Å². The molecule has 0 saturated heterocycles. The Kier molecular flexibility index (Phi) is 5.85. The molecule has 0 amide bonds. The molecule has 2 aromatic rings. The summed E-state index contributed by atoms with van der Waals surface area (Å²) in [5.41, 5.74) is 0.701. The van der Waals surface area contributed by atoms with E-state index in [-0.39, 0.29) is 23.3 Å². The van der Waals surface area contributed by atoms with Crippen LogP contribution in [0.25, 0.3) is 0 Å². The second-order valence-corrected chi connectivity index (χ2v) is 7.78. The van der Waals surface area contributed by atoms with Crippen LogP contribution in [0.3, 0.4) is 0 Å². The summed E-state index contributed by atoms with van der Waals surface area (Å²) < 4.78 is 41.1. The van der Waals surface area contributed by atoms with Crippen LogP contribution in [0.15, 0.2) is 52.1 Å². The topological polar surface area (TPSA) is 62.3 Å². The maximum atomic E-state index is 13.4. The maximum Gasteiger partial charge on any atom is 0.242 e. The highest BCUT2D eigenvalue weighted by Gasteiger charge is 2.20. The number of aromatic nitrogens is 1. The average Bonchev–Trinajstić information content (AvgIpc) is 2.47. The lowest BCUT2D eigenvalue weighted by atomic mass is 10.1. The second-order valence-electron chi connectivity index (χ2n) is 5.20. The molecule has 0 saturated carbocycles. The number of nitrogens with zero attached hydrogens (tertiary/aromatic N) is 2. The lowest BCUT2D eigenvalue weighted by molar-refractivity contribution is 0.299. The van der Waals surface area contributed by atoms with Gasteiger partial charge in [0.25, 0.3) is 0 Å².